The number of hydrogen-bond acceptors (Lipinski definition) is 3. The number of piperazine rings is 1. The van der Waals surface area contributed by atoms with Gasteiger partial charge in [0, 0.05) is 37.6 Å². The van der Waals surface area contributed by atoms with Gasteiger partial charge >= 0.3 is 0 Å². The van der Waals surface area contributed by atoms with Crippen LogP contribution in [0.3, 0.4) is 0 Å². The molecule has 2 N–H and O–H groups in total. The molecule has 4 nitrogen and oxygen atoms in total. The van der Waals surface area contributed by atoms with E-state index in [1.165, 1.54) is 0 Å². The van der Waals surface area contributed by atoms with Crippen molar-refractivity contribution in [1.29, 1.82) is 0 Å². The second-order valence-electron chi connectivity index (χ2n) is 4.61. The third kappa shape index (κ3) is 3.18. The Morgan fingerprint density at radius 3 is 2.87 bits per heavy atom. The highest BCUT2D eigenvalue weighted by atomic mass is 16.2. The van der Waals surface area contributed by atoms with Crippen molar-refractivity contribution in [3.8, 4) is 0 Å². The van der Waals surface area contributed by atoms with E-state index in [9.17, 15) is 4.79 Å². The first-order valence-electron chi connectivity index (χ1n) is 5.74. The van der Waals surface area contributed by atoms with E-state index in [1.807, 2.05) is 18.9 Å². The van der Waals surface area contributed by atoms with Crippen molar-refractivity contribution in [3.63, 3.8) is 0 Å². The minimum atomic E-state index is 0.0720. The average Bonchev–Trinajstić information content (AvgIpc) is 2.21. The summed E-state index contributed by atoms with van der Waals surface area (Å²) in [6.07, 6.45) is 0. The molecule has 0 saturated carbocycles. The predicted octanol–water partition coefficient (Wildman–Crippen LogP) is 0.0507. The van der Waals surface area contributed by atoms with E-state index in [-0.39, 0.29) is 11.8 Å². The Bertz CT molecular complexity index is 220. The molecule has 3 atom stereocenters. The van der Waals surface area contributed by atoms with Gasteiger partial charge in [0.05, 0.1) is 0 Å². The molecule has 0 spiro atoms. The molecule has 0 aromatic carbocycles. The Kier molecular flexibility index (Phi) is 4.54. The maximum Gasteiger partial charge on any atom is 0.227 e. The van der Waals surface area contributed by atoms with Crippen LogP contribution >= 0.6 is 0 Å². The van der Waals surface area contributed by atoms with Gasteiger partial charge in [-0.3, -0.25) is 4.79 Å². The minimum absolute atomic E-state index is 0.0720. The lowest BCUT2D eigenvalue weighted by Gasteiger charge is -2.39. The first-order chi connectivity index (χ1) is 7.06. The molecule has 4 heteroatoms. The van der Waals surface area contributed by atoms with Crippen LogP contribution in [0, 0.1) is 5.92 Å². The highest BCUT2D eigenvalue weighted by molar-refractivity contribution is 5.79. The molecule has 1 aliphatic rings. The summed E-state index contributed by atoms with van der Waals surface area (Å²) in [6, 6.07) is 0.722. The van der Waals surface area contributed by atoms with E-state index >= 15 is 0 Å². The van der Waals surface area contributed by atoms with Gasteiger partial charge in [0.1, 0.15) is 0 Å². The van der Waals surface area contributed by atoms with Crippen molar-refractivity contribution in [2.24, 2.45) is 5.92 Å². The fourth-order valence-corrected chi connectivity index (χ4v) is 2.01. The molecule has 1 amide bonds. The highest BCUT2D eigenvalue weighted by Gasteiger charge is 2.28. The monoisotopic (exact) mass is 213 g/mol. The molecule has 0 radical (unpaired) electrons. The average molecular weight is 213 g/mol. The molecule has 0 aromatic rings. The number of amides is 1. The van der Waals surface area contributed by atoms with Crippen LogP contribution in [0.5, 0.6) is 0 Å². The third-order valence-corrected chi connectivity index (χ3v) is 2.98. The topological polar surface area (TPSA) is 44.4 Å². The maximum atomic E-state index is 12.1. The summed E-state index contributed by atoms with van der Waals surface area (Å²) >= 11 is 0. The second-order valence-corrected chi connectivity index (χ2v) is 4.61. The zero-order chi connectivity index (χ0) is 11.4. The number of nitrogens with one attached hydrogen (secondary N) is 2. The standard InChI is InChI=1S/C11H23N3O/c1-8(5-12-4)11(15)14-7-9(2)13-6-10(14)3/h8-10,12-13H,5-7H2,1-4H3. The molecule has 1 fully saturated rings. The van der Waals surface area contributed by atoms with Gasteiger partial charge in [-0.25, -0.2) is 0 Å². The summed E-state index contributed by atoms with van der Waals surface area (Å²) in [5, 5.41) is 6.43. The normalized spacial score (nSPS) is 28.9. The minimum Gasteiger partial charge on any atom is -0.337 e. The fourth-order valence-electron chi connectivity index (χ4n) is 2.01. The molecular formula is C11H23N3O. The Balaban J connectivity index is 2.56. The van der Waals surface area contributed by atoms with Crippen molar-refractivity contribution in [2.75, 3.05) is 26.7 Å². The molecule has 0 aromatic heterocycles. The van der Waals surface area contributed by atoms with Gasteiger partial charge in [0.25, 0.3) is 0 Å². The molecule has 0 bridgehead atoms. The van der Waals surface area contributed by atoms with Crippen LogP contribution in [0.1, 0.15) is 20.8 Å². The molecule has 1 rings (SSSR count). The van der Waals surface area contributed by atoms with Gasteiger partial charge in [-0.05, 0) is 20.9 Å². The quantitative estimate of drug-likeness (QED) is 0.696. The summed E-state index contributed by atoms with van der Waals surface area (Å²) in [4.78, 5) is 14.1. The number of carbonyl (C=O) groups is 1. The van der Waals surface area contributed by atoms with Gasteiger partial charge in [-0.2, -0.15) is 0 Å². The lowest BCUT2D eigenvalue weighted by molar-refractivity contribution is -0.138. The fraction of sp³-hybridized carbons (Fsp3) is 0.909. The summed E-state index contributed by atoms with van der Waals surface area (Å²) in [5.41, 5.74) is 0. The number of nitrogens with zero attached hydrogens (tertiary/aromatic N) is 1. The van der Waals surface area contributed by atoms with E-state index in [4.69, 9.17) is 0 Å². The van der Waals surface area contributed by atoms with Crippen molar-refractivity contribution >= 4 is 5.91 Å². The van der Waals surface area contributed by atoms with Crippen LogP contribution in [0.4, 0.5) is 0 Å². The smallest absolute Gasteiger partial charge is 0.227 e. The van der Waals surface area contributed by atoms with E-state index in [2.05, 4.69) is 24.5 Å². The third-order valence-electron chi connectivity index (χ3n) is 2.98. The van der Waals surface area contributed by atoms with Crippen LogP contribution < -0.4 is 10.6 Å². The number of hydrogen-bond donors (Lipinski definition) is 2. The first kappa shape index (κ1) is 12.5. The molecular weight excluding hydrogens is 190 g/mol. The van der Waals surface area contributed by atoms with Crippen LogP contribution in [-0.4, -0.2) is 49.6 Å². The number of carbonyl (C=O) groups excluding carboxylic acids is 1. The maximum absolute atomic E-state index is 12.1. The van der Waals surface area contributed by atoms with E-state index in [1.54, 1.807) is 0 Å². The predicted molar refractivity (Wildman–Crippen MR) is 61.7 cm³/mol. The van der Waals surface area contributed by atoms with Crippen LogP contribution in [0.15, 0.2) is 0 Å². The van der Waals surface area contributed by atoms with Gasteiger partial charge in [-0.15, -0.1) is 0 Å². The lowest BCUT2D eigenvalue weighted by Crippen LogP contribution is -2.57. The van der Waals surface area contributed by atoms with Crippen LogP contribution in [-0.2, 0) is 4.79 Å². The zero-order valence-electron chi connectivity index (χ0n) is 10.2. The zero-order valence-corrected chi connectivity index (χ0v) is 10.2. The molecule has 1 saturated heterocycles. The summed E-state index contributed by atoms with van der Waals surface area (Å²) in [6.45, 7) is 8.69. The SMILES string of the molecule is CNCC(C)C(=O)N1CC(C)NCC1C. The Hall–Kier alpha value is -0.610. The van der Waals surface area contributed by atoms with Gasteiger partial charge in [0.2, 0.25) is 5.91 Å². The Morgan fingerprint density at radius 1 is 1.60 bits per heavy atom. The summed E-state index contributed by atoms with van der Waals surface area (Å²) < 4.78 is 0. The van der Waals surface area contributed by atoms with Crippen LogP contribution in [0.25, 0.3) is 0 Å². The Labute approximate surface area is 92.4 Å². The van der Waals surface area contributed by atoms with Gasteiger partial charge in [-0.1, -0.05) is 6.92 Å². The van der Waals surface area contributed by atoms with Crippen molar-refractivity contribution in [2.45, 2.75) is 32.9 Å². The lowest BCUT2D eigenvalue weighted by atomic mass is 10.1. The van der Waals surface area contributed by atoms with Crippen molar-refractivity contribution < 1.29 is 4.79 Å². The molecule has 88 valence electrons. The van der Waals surface area contributed by atoms with E-state index in [0.717, 1.165) is 19.6 Å². The first-order valence-corrected chi connectivity index (χ1v) is 5.74. The largest absolute Gasteiger partial charge is 0.337 e. The number of rotatable bonds is 3. The second kappa shape index (κ2) is 5.47. The Morgan fingerprint density at radius 2 is 2.27 bits per heavy atom. The summed E-state index contributed by atoms with van der Waals surface area (Å²) in [7, 11) is 1.88. The molecule has 3 unspecified atom stereocenters. The van der Waals surface area contributed by atoms with E-state index < -0.39 is 0 Å². The molecule has 15 heavy (non-hydrogen) atoms. The summed E-state index contributed by atoms with van der Waals surface area (Å²) in [5.74, 6) is 0.341. The van der Waals surface area contributed by atoms with Gasteiger partial charge in [0.15, 0.2) is 0 Å². The molecule has 1 aliphatic heterocycles. The van der Waals surface area contributed by atoms with Crippen molar-refractivity contribution in [3.05, 3.63) is 0 Å². The van der Waals surface area contributed by atoms with Crippen LogP contribution in [0.2, 0.25) is 0 Å². The van der Waals surface area contributed by atoms with Crippen molar-refractivity contribution in [1.82, 2.24) is 15.5 Å². The molecule has 1 heterocycles. The molecule has 0 aliphatic carbocycles. The highest BCUT2D eigenvalue weighted by Crippen LogP contribution is 2.11. The van der Waals surface area contributed by atoms with Gasteiger partial charge < -0.3 is 15.5 Å². The van der Waals surface area contributed by atoms with E-state index in [0.29, 0.717) is 12.1 Å².